The number of carbonyl (C=O) groups excluding carboxylic acids is 1. The van der Waals surface area contributed by atoms with E-state index in [4.69, 9.17) is 9.47 Å². The predicted molar refractivity (Wildman–Crippen MR) is 103 cm³/mol. The first-order chi connectivity index (χ1) is 14.0. The van der Waals surface area contributed by atoms with E-state index in [0.717, 1.165) is 22.2 Å². The van der Waals surface area contributed by atoms with E-state index >= 15 is 0 Å². The number of alkyl halides is 3. The van der Waals surface area contributed by atoms with Gasteiger partial charge < -0.3 is 9.47 Å². The summed E-state index contributed by atoms with van der Waals surface area (Å²) in [7, 11) is -1.75. The molecule has 0 spiro atoms. The van der Waals surface area contributed by atoms with Crippen LogP contribution in [0.1, 0.15) is 24.0 Å². The first-order valence-electron chi connectivity index (χ1n) is 8.70. The molecule has 1 unspecified atom stereocenters. The summed E-state index contributed by atoms with van der Waals surface area (Å²) in [6.45, 7) is 1.54. The highest BCUT2D eigenvalue weighted by atomic mass is 32.2. The number of methoxy groups -OCH3 is 2. The number of hydrogen-bond donors (Lipinski definition) is 0. The third kappa shape index (κ3) is 3.74. The molecule has 0 radical (unpaired) electrons. The normalized spacial score (nSPS) is 13.3. The second kappa shape index (κ2) is 7.67. The number of aromatic nitrogens is 1. The molecule has 30 heavy (non-hydrogen) atoms. The summed E-state index contributed by atoms with van der Waals surface area (Å²) < 4.78 is 76.4. The highest BCUT2D eigenvalue weighted by Gasteiger charge is 2.33. The van der Waals surface area contributed by atoms with Gasteiger partial charge in [-0.25, -0.2) is 12.4 Å². The molecule has 0 aliphatic rings. The molecule has 3 rings (SSSR count). The van der Waals surface area contributed by atoms with Gasteiger partial charge in [0, 0.05) is 11.6 Å². The first kappa shape index (κ1) is 21.7. The zero-order valence-electron chi connectivity index (χ0n) is 16.2. The number of ether oxygens (including phenoxy) is 2. The number of carbonyl (C=O) groups is 1. The molecule has 0 fully saturated rings. The maximum atomic E-state index is 13.2. The van der Waals surface area contributed by atoms with Gasteiger partial charge in [-0.1, -0.05) is 6.07 Å². The summed E-state index contributed by atoms with van der Waals surface area (Å²) in [6, 6.07) is 8.03. The average Bonchev–Trinajstić information content (AvgIpc) is 3.11. The van der Waals surface area contributed by atoms with Crippen LogP contribution in [0.5, 0.6) is 5.75 Å². The van der Waals surface area contributed by atoms with Crippen molar-refractivity contribution in [3.8, 4) is 5.75 Å². The molecule has 0 amide bonds. The number of esters is 1. The van der Waals surface area contributed by atoms with Crippen molar-refractivity contribution in [1.29, 1.82) is 0 Å². The van der Waals surface area contributed by atoms with Crippen LogP contribution in [0.25, 0.3) is 10.9 Å². The van der Waals surface area contributed by atoms with E-state index in [1.54, 1.807) is 13.0 Å². The Kier molecular flexibility index (Phi) is 5.55. The van der Waals surface area contributed by atoms with E-state index in [1.165, 1.54) is 32.5 Å². The van der Waals surface area contributed by atoms with Gasteiger partial charge in [0.25, 0.3) is 10.0 Å². The molecule has 0 N–H and O–H groups in total. The fraction of sp³-hybridized carbons (Fsp3) is 0.250. The summed E-state index contributed by atoms with van der Waals surface area (Å²) >= 11 is 0. The van der Waals surface area contributed by atoms with Gasteiger partial charge in [-0.05, 0) is 48.9 Å². The lowest BCUT2D eigenvalue weighted by Crippen LogP contribution is -2.14. The molecule has 0 aliphatic carbocycles. The lowest BCUT2D eigenvalue weighted by atomic mass is 10.0. The van der Waals surface area contributed by atoms with Crippen molar-refractivity contribution in [2.75, 3.05) is 14.2 Å². The number of benzene rings is 2. The molecule has 0 bridgehead atoms. The Balaban J connectivity index is 2.26. The topological polar surface area (TPSA) is 74.6 Å². The van der Waals surface area contributed by atoms with Crippen molar-refractivity contribution in [2.45, 2.75) is 23.9 Å². The number of halogens is 3. The van der Waals surface area contributed by atoms with Gasteiger partial charge in [0.1, 0.15) is 5.75 Å². The van der Waals surface area contributed by atoms with Crippen LogP contribution >= 0.6 is 0 Å². The molecular weight excluding hydrogens is 423 g/mol. The molecule has 1 atom stereocenters. The smallest absolute Gasteiger partial charge is 0.416 e. The Bertz CT molecular complexity index is 1210. The fourth-order valence-electron chi connectivity index (χ4n) is 3.13. The minimum Gasteiger partial charge on any atom is -0.497 e. The zero-order valence-corrected chi connectivity index (χ0v) is 17.0. The van der Waals surface area contributed by atoms with Crippen molar-refractivity contribution in [1.82, 2.24) is 3.97 Å². The van der Waals surface area contributed by atoms with Gasteiger partial charge in [-0.2, -0.15) is 13.2 Å². The lowest BCUT2D eigenvalue weighted by molar-refractivity contribution is -0.142. The predicted octanol–water partition coefficient (Wildman–Crippen LogP) is 4.18. The second-order valence-electron chi connectivity index (χ2n) is 6.54. The minimum atomic E-state index is -4.69. The van der Waals surface area contributed by atoms with Crippen LogP contribution in [-0.4, -0.2) is 32.6 Å². The van der Waals surface area contributed by atoms with E-state index in [0.29, 0.717) is 22.8 Å². The van der Waals surface area contributed by atoms with Crippen LogP contribution in [0.15, 0.2) is 53.6 Å². The van der Waals surface area contributed by atoms with Crippen molar-refractivity contribution in [3.63, 3.8) is 0 Å². The molecule has 0 aliphatic heterocycles. The van der Waals surface area contributed by atoms with Gasteiger partial charge in [0.2, 0.25) is 0 Å². The van der Waals surface area contributed by atoms with Crippen molar-refractivity contribution in [3.05, 3.63) is 59.8 Å². The summed E-state index contributed by atoms with van der Waals surface area (Å²) in [4.78, 5) is 11.5. The van der Waals surface area contributed by atoms with Crippen LogP contribution in [0.2, 0.25) is 0 Å². The number of rotatable bonds is 5. The van der Waals surface area contributed by atoms with Crippen molar-refractivity contribution in [2.24, 2.45) is 0 Å². The summed E-state index contributed by atoms with van der Waals surface area (Å²) in [6.07, 6.45) is -3.47. The lowest BCUT2D eigenvalue weighted by Gasteiger charge is -2.11. The number of hydrogen-bond acceptors (Lipinski definition) is 5. The Morgan fingerprint density at radius 1 is 1.10 bits per heavy atom. The van der Waals surface area contributed by atoms with Crippen LogP contribution in [0, 0.1) is 0 Å². The molecule has 160 valence electrons. The van der Waals surface area contributed by atoms with Gasteiger partial charge >= 0.3 is 12.1 Å². The van der Waals surface area contributed by atoms with Crippen LogP contribution in [0.4, 0.5) is 13.2 Å². The first-order valence-corrected chi connectivity index (χ1v) is 10.1. The van der Waals surface area contributed by atoms with Gasteiger partial charge in [0.15, 0.2) is 0 Å². The molecule has 6 nitrogen and oxygen atoms in total. The number of fused-ring (bicyclic) bond motifs is 1. The molecule has 1 aromatic heterocycles. The maximum Gasteiger partial charge on any atom is 0.416 e. The molecular formula is C20H18F3NO5S. The quantitative estimate of drug-likeness (QED) is 0.556. The maximum absolute atomic E-state index is 13.2. The molecule has 2 aromatic carbocycles. The number of nitrogens with zero attached hydrogens (tertiary/aromatic N) is 1. The Hall–Kier alpha value is -3.01. The van der Waals surface area contributed by atoms with E-state index in [2.05, 4.69) is 0 Å². The standard InChI is InChI=1S/C20H18F3NO5S/c1-12(19(25)29-3)17-11-24(18-8-7-14(28-2)10-16(17)18)30(26,27)15-6-4-5-13(9-15)20(21,22)23/h4-12H,1-3H3. The molecule has 0 saturated carbocycles. The average molecular weight is 441 g/mol. The van der Waals surface area contributed by atoms with Crippen LogP contribution in [-0.2, 0) is 25.7 Å². The van der Waals surface area contributed by atoms with Crippen LogP contribution in [0.3, 0.4) is 0 Å². The Labute approximate surface area is 170 Å². The van der Waals surface area contributed by atoms with Crippen LogP contribution < -0.4 is 4.74 Å². The van der Waals surface area contributed by atoms with Crippen molar-refractivity contribution >= 4 is 26.9 Å². The molecule has 3 aromatic rings. The third-order valence-electron chi connectivity index (χ3n) is 4.75. The van der Waals surface area contributed by atoms with Gasteiger partial charge in [0.05, 0.1) is 36.1 Å². The highest BCUT2D eigenvalue weighted by Crippen LogP contribution is 2.35. The van der Waals surface area contributed by atoms with Gasteiger partial charge in [-0.15, -0.1) is 0 Å². The Morgan fingerprint density at radius 2 is 1.80 bits per heavy atom. The molecule has 1 heterocycles. The van der Waals surface area contributed by atoms with E-state index < -0.39 is 38.5 Å². The molecule has 10 heteroatoms. The van der Waals surface area contributed by atoms with E-state index in [9.17, 15) is 26.4 Å². The van der Waals surface area contributed by atoms with Gasteiger partial charge in [-0.3, -0.25) is 4.79 Å². The fourth-order valence-corrected chi connectivity index (χ4v) is 4.55. The Morgan fingerprint density at radius 3 is 2.40 bits per heavy atom. The summed E-state index contributed by atoms with van der Waals surface area (Å²) in [5, 5.41) is 0.405. The summed E-state index contributed by atoms with van der Waals surface area (Å²) in [5.74, 6) is -0.981. The monoisotopic (exact) mass is 441 g/mol. The van der Waals surface area contributed by atoms with E-state index in [-0.39, 0.29) is 5.52 Å². The minimum absolute atomic E-state index is 0.193. The third-order valence-corrected chi connectivity index (χ3v) is 6.42. The largest absolute Gasteiger partial charge is 0.497 e. The van der Waals surface area contributed by atoms with Crippen molar-refractivity contribution < 1.29 is 35.9 Å². The molecule has 0 saturated heterocycles. The summed E-state index contributed by atoms with van der Waals surface area (Å²) in [5.41, 5.74) is -0.546. The highest BCUT2D eigenvalue weighted by molar-refractivity contribution is 7.90. The second-order valence-corrected chi connectivity index (χ2v) is 8.35. The zero-order chi connectivity index (χ0) is 22.3. The SMILES string of the molecule is COC(=O)C(C)c1cn(S(=O)(=O)c2cccc(C(F)(F)F)c2)c2ccc(OC)cc12. The van der Waals surface area contributed by atoms with E-state index in [1.807, 2.05) is 0 Å².